The van der Waals surface area contributed by atoms with E-state index < -0.39 is 0 Å². The van der Waals surface area contributed by atoms with Crippen molar-refractivity contribution in [3.8, 4) is 0 Å². The molecule has 4 rings (SSSR count). The van der Waals surface area contributed by atoms with Crippen LogP contribution in [0.4, 0.5) is 11.4 Å². The predicted molar refractivity (Wildman–Crippen MR) is 112 cm³/mol. The Morgan fingerprint density at radius 3 is 2.50 bits per heavy atom. The summed E-state index contributed by atoms with van der Waals surface area (Å²) in [6.07, 6.45) is 10.1. The van der Waals surface area contributed by atoms with Gasteiger partial charge in [0, 0.05) is 45.0 Å². The standard InChI is InChI=1S/C20H20BrClN4/c21-13-9-17(12-23-11-13)25-15-2-4-16(5-3-15)26-19-7-8-24-20-10-14(22)1-6-18(19)20/h1,6-12,15-16,25H,2-5H2,(H,24,26). The van der Waals surface area contributed by atoms with Crippen molar-refractivity contribution in [2.24, 2.45) is 0 Å². The van der Waals surface area contributed by atoms with Crippen LogP contribution in [0.3, 0.4) is 0 Å². The van der Waals surface area contributed by atoms with Crippen LogP contribution in [0.15, 0.2) is 53.4 Å². The highest BCUT2D eigenvalue weighted by atomic mass is 79.9. The number of nitrogens with zero attached hydrogens (tertiary/aromatic N) is 2. The fraction of sp³-hybridized carbons (Fsp3) is 0.300. The monoisotopic (exact) mass is 430 g/mol. The average molecular weight is 432 g/mol. The van der Waals surface area contributed by atoms with Crippen molar-refractivity contribution in [3.63, 3.8) is 0 Å². The molecular formula is C20H20BrClN4. The zero-order valence-electron chi connectivity index (χ0n) is 14.3. The zero-order chi connectivity index (χ0) is 17.9. The van der Waals surface area contributed by atoms with Crippen molar-refractivity contribution in [1.82, 2.24) is 9.97 Å². The number of benzene rings is 1. The lowest BCUT2D eigenvalue weighted by Crippen LogP contribution is -2.32. The van der Waals surface area contributed by atoms with Gasteiger partial charge in [-0.15, -0.1) is 0 Å². The minimum Gasteiger partial charge on any atom is -0.382 e. The van der Waals surface area contributed by atoms with Gasteiger partial charge in [0.2, 0.25) is 0 Å². The van der Waals surface area contributed by atoms with Crippen LogP contribution < -0.4 is 10.6 Å². The van der Waals surface area contributed by atoms with E-state index >= 15 is 0 Å². The topological polar surface area (TPSA) is 49.8 Å². The molecule has 4 nitrogen and oxygen atoms in total. The number of nitrogens with one attached hydrogen (secondary N) is 2. The van der Waals surface area contributed by atoms with Gasteiger partial charge in [-0.3, -0.25) is 9.97 Å². The molecule has 0 atom stereocenters. The van der Waals surface area contributed by atoms with E-state index in [9.17, 15) is 0 Å². The first-order chi connectivity index (χ1) is 12.7. The first kappa shape index (κ1) is 17.6. The second-order valence-electron chi connectivity index (χ2n) is 6.75. The number of hydrogen-bond donors (Lipinski definition) is 2. The van der Waals surface area contributed by atoms with E-state index in [1.807, 2.05) is 36.7 Å². The highest BCUT2D eigenvalue weighted by Gasteiger charge is 2.21. The third-order valence-corrected chi connectivity index (χ3v) is 5.54. The summed E-state index contributed by atoms with van der Waals surface area (Å²) in [7, 11) is 0. The Labute approximate surface area is 166 Å². The van der Waals surface area contributed by atoms with Gasteiger partial charge in [-0.25, -0.2) is 0 Å². The minimum atomic E-state index is 0.481. The van der Waals surface area contributed by atoms with Crippen LogP contribution in [0, 0.1) is 0 Å². The highest BCUT2D eigenvalue weighted by molar-refractivity contribution is 9.10. The maximum Gasteiger partial charge on any atom is 0.0737 e. The Morgan fingerprint density at radius 1 is 0.962 bits per heavy atom. The first-order valence-electron chi connectivity index (χ1n) is 8.85. The highest BCUT2D eigenvalue weighted by Crippen LogP contribution is 2.29. The number of anilines is 2. The van der Waals surface area contributed by atoms with Gasteiger partial charge >= 0.3 is 0 Å². The van der Waals surface area contributed by atoms with Gasteiger partial charge in [-0.2, -0.15) is 0 Å². The molecule has 0 aliphatic heterocycles. The van der Waals surface area contributed by atoms with Gasteiger partial charge in [0.15, 0.2) is 0 Å². The van der Waals surface area contributed by atoms with Crippen LogP contribution in [-0.4, -0.2) is 22.1 Å². The number of hydrogen-bond acceptors (Lipinski definition) is 4. The van der Waals surface area contributed by atoms with E-state index in [4.69, 9.17) is 11.6 Å². The van der Waals surface area contributed by atoms with Crippen molar-refractivity contribution in [3.05, 3.63) is 58.4 Å². The Balaban J connectivity index is 1.38. The second kappa shape index (κ2) is 7.80. The molecule has 1 aliphatic carbocycles. The molecule has 1 fully saturated rings. The Hall–Kier alpha value is -1.85. The van der Waals surface area contributed by atoms with E-state index in [2.05, 4.69) is 42.6 Å². The molecule has 0 amide bonds. The lowest BCUT2D eigenvalue weighted by molar-refractivity contribution is 0.429. The summed E-state index contributed by atoms with van der Waals surface area (Å²) >= 11 is 9.55. The van der Waals surface area contributed by atoms with E-state index in [0.29, 0.717) is 12.1 Å². The van der Waals surface area contributed by atoms with Crippen LogP contribution in [-0.2, 0) is 0 Å². The maximum absolute atomic E-state index is 6.08. The SMILES string of the molecule is Clc1ccc2c(NC3CCC(Nc4cncc(Br)c4)CC3)ccnc2c1. The predicted octanol–water partition coefficient (Wildman–Crippen LogP) is 5.88. The van der Waals surface area contributed by atoms with Crippen molar-refractivity contribution in [1.29, 1.82) is 0 Å². The Bertz CT molecular complexity index is 909. The Morgan fingerprint density at radius 2 is 1.73 bits per heavy atom. The summed E-state index contributed by atoms with van der Waals surface area (Å²) < 4.78 is 1.00. The molecule has 1 aromatic carbocycles. The molecule has 1 saturated carbocycles. The second-order valence-corrected chi connectivity index (χ2v) is 8.10. The van der Waals surface area contributed by atoms with Gasteiger partial charge in [-0.05, 0) is 71.9 Å². The summed E-state index contributed by atoms with van der Waals surface area (Å²) in [5, 5.41) is 9.14. The van der Waals surface area contributed by atoms with Gasteiger partial charge in [0.25, 0.3) is 0 Å². The van der Waals surface area contributed by atoms with Crippen LogP contribution in [0.25, 0.3) is 10.9 Å². The summed E-state index contributed by atoms with van der Waals surface area (Å²) in [6.45, 7) is 0. The fourth-order valence-electron chi connectivity index (χ4n) is 3.58. The van der Waals surface area contributed by atoms with Gasteiger partial charge in [0.1, 0.15) is 0 Å². The summed E-state index contributed by atoms with van der Waals surface area (Å²) in [6, 6.07) is 11.0. The lowest BCUT2D eigenvalue weighted by Gasteiger charge is -2.31. The summed E-state index contributed by atoms with van der Waals surface area (Å²) in [5.74, 6) is 0. The quantitative estimate of drug-likeness (QED) is 0.541. The number of halogens is 2. The van der Waals surface area contributed by atoms with Crippen molar-refractivity contribution < 1.29 is 0 Å². The van der Waals surface area contributed by atoms with E-state index in [-0.39, 0.29) is 0 Å². The smallest absolute Gasteiger partial charge is 0.0737 e. The molecule has 0 unspecified atom stereocenters. The number of rotatable bonds is 4. The van der Waals surface area contributed by atoms with Crippen LogP contribution in [0.2, 0.25) is 5.02 Å². The van der Waals surface area contributed by atoms with Crippen molar-refractivity contribution in [2.75, 3.05) is 10.6 Å². The Kier molecular flexibility index (Phi) is 5.27. The number of aromatic nitrogens is 2. The molecule has 6 heteroatoms. The zero-order valence-corrected chi connectivity index (χ0v) is 16.6. The van der Waals surface area contributed by atoms with Gasteiger partial charge in [0.05, 0.1) is 17.4 Å². The molecule has 2 aromatic heterocycles. The first-order valence-corrected chi connectivity index (χ1v) is 10.0. The van der Waals surface area contributed by atoms with E-state index in [1.165, 1.54) is 0 Å². The molecule has 134 valence electrons. The van der Waals surface area contributed by atoms with Crippen molar-refractivity contribution in [2.45, 2.75) is 37.8 Å². The van der Waals surface area contributed by atoms with Crippen molar-refractivity contribution >= 4 is 49.8 Å². The molecular weight excluding hydrogens is 412 g/mol. The molecule has 2 heterocycles. The average Bonchev–Trinajstić information content (AvgIpc) is 2.63. The molecule has 0 radical (unpaired) electrons. The number of fused-ring (bicyclic) bond motifs is 1. The molecule has 0 spiro atoms. The van der Waals surface area contributed by atoms with Gasteiger partial charge < -0.3 is 10.6 Å². The van der Waals surface area contributed by atoms with E-state index in [1.54, 1.807) is 6.20 Å². The third kappa shape index (κ3) is 4.10. The largest absolute Gasteiger partial charge is 0.382 e. The molecule has 0 saturated heterocycles. The molecule has 0 bridgehead atoms. The summed E-state index contributed by atoms with van der Waals surface area (Å²) in [4.78, 5) is 8.64. The molecule has 2 N–H and O–H groups in total. The molecule has 26 heavy (non-hydrogen) atoms. The van der Waals surface area contributed by atoms with Crippen LogP contribution >= 0.6 is 27.5 Å². The normalized spacial score (nSPS) is 20.1. The maximum atomic E-state index is 6.08. The number of pyridine rings is 2. The van der Waals surface area contributed by atoms with Gasteiger partial charge in [-0.1, -0.05) is 11.6 Å². The summed E-state index contributed by atoms with van der Waals surface area (Å²) in [5.41, 5.74) is 3.15. The van der Waals surface area contributed by atoms with E-state index in [0.717, 1.165) is 57.5 Å². The minimum absolute atomic E-state index is 0.481. The fourth-order valence-corrected chi connectivity index (χ4v) is 4.11. The molecule has 3 aromatic rings. The van der Waals surface area contributed by atoms with Crippen LogP contribution in [0.1, 0.15) is 25.7 Å². The lowest BCUT2D eigenvalue weighted by atomic mass is 9.90. The molecule has 1 aliphatic rings. The van der Waals surface area contributed by atoms with Crippen LogP contribution in [0.5, 0.6) is 0 Å². The third-order valence-electron chi connectivity index (χ3n) is 4.87.